The largest absolute Gasteiger partial charge is 0.453 e. The first-order valence-electron chi connectivity index (χ1n) is 8.26. The summed E-state index contributed by atoms with van der Waals surface area (Å²) in [6, 6.07) is 7.90. The van der Waals surface area contributed by atoms with Crippen molar-refractivity contribution in [1.29, 1.82) is 0 Å². The van der Waals surface area contributed by atoms with Crippen LogP contribution in [0.25, 0.3) is 20.8 Å². The third-order valence-corrected chi connectivity index (χ3v) is 5.17. The molecule has 3 aromatic heterocycles. The van der Waals surface area contributed by atoms with E-state index in [1.807, 2.05) is 23.8 Å². The second-order valence-electron chi connectivity index (χ2n) is 5.73. The Morgan fingerprint density at radius 2 is 2.15 bits per heavy atom. The van der Waals surface area contributed by atoms with Crippen LogP contribution in [0.3, 0.4) is 0 Å². The van der Waals surface area contributed by atoms with E-state index in [4.69, 9.17) is 4.74 Å². The molecule has 136 valence electrons. The van der Waals surface area contributed by atoms with Crippen LogP contribution in [-0.4, -0.2) is 20.9 Å². The van der Waals surface area contributed by atoms with E-state index in [1.165, 1.54) is 23.5 Å². The van der Waals surface area contributed by atoms with E-state index < -0.39 is 5.82 Å². The minimum atomic E-state index is -0.565. The summed E-state index contributed by atoms with van der Waals surface area (Å²) in [6.07, 6.45) is 5.88. The van der Waals surface area contributed by atoms with Gasteiger partial charge in [0.1, 0.15) is 5.75 Å². The molecule has 4 aromatic rings. The van der Waals surface area contributed by atoms with Gasteiger partial charge in [-0.25, -0.2) is 9.37 Å². The topological polar surface area (TPSA) is 69.0 Å². The van der Waals surface area contributed by atoms with Crippen LogP contribution in [0.15, 0.2) is 49.1 Å². The summed E-state index contributed by atoms with van der Waals surface area (Å²) in [5, 5.41) is 2.40. The highest BCUT2D eigenvalue weighted by atomic mass is 32.1. The molecule has 1 aromatic carbocycles. The SMILES string of the molecule is CCn1cnc(-c2cc3nccc(Oc4ccc(NC=O)cc4F)c3s2)c1. The van der Waals surface area contributed by atoms with Crippen molar-refractivity contribution in [2.45, 2.75) is 13.5 Å². The van der Waals surface area contributed by atoms with Gasteiger partial charge in [0.2, 0.25) is 6.41 Å². The van der Waals surface area contributed by atoms with Gasteiger partial charge in [0.25, 0.3) is 0 Å². The molecule has 0 saturated carbocycles. The zero-order valence-corrected chi connectivity index (χ0v) is 15.2. The van der Waals surface area contributed by atoms with Crippen LogP contribution in [-0.2, 0) is 11.3 Å². The molecule has 0 aliphatic carbocycles. The van der Waals surface area contributed by atoms with E-state index in [1.54, 1.807) is 24.7 Å². The van der Waals surface area contributed by atoms with E-state index in [-0.39, 0.29) is 5.75 Å². The van der Waals surface area contributed by atoms with E-state index in [0.29, 0.717) is 17.8 Å². The van der Waals surface area contributed by atoms with Crippen molar-refractivity contribution >= 4 is 33.7 Å². The lowest BCUT2D eigenvalue weighted by atomic mass is 10.3. The summed E-state index contributed by atoms with van der Waals surface area (Å²) in [4.78, 5) is 20.2. The maximum absolute atomic E-state index is 14.3. The first-order valence-corrected chi connectivity index (χ1v) is 9.08. The number of imidazole rings is 1. The van der Waals surface area contributed by atoms with Gasteiger partial charge in [-0.15, -0.1) is 11.3 Å². The number of benzene rings is 1. The van der Waals surface area contributed by atoms with Gasteiger partial charge >= 0.3 is 0 Å². The Kier molecular flexibility index (Phi) is 4.55. The number of ether oxygens (including phenoxy) is 1. The number of fused-ring (bicyclic) bond motifs is 1. The molecule has 0 atom stereocenters. The molecule has 1 amide bonds. The number of amides is 1. The summed E-state index contributed by atoms with van der Waals surface area (Å²) in [6.45, 7) is 2.90. The molecule has 4 rings (SSSR count). The highest BCUT2D eigenvalue weighted by molar-refractivity contribution is 7.22. The molecule has 6 nitrogen and oxygen atoms in total. The van der Waals surface area contributed by atoms with Gasteiger partial charge in [0, 0.05) is 36.8 Å². The minimum absolute atomic E-state index is 0.0733. The van der Waals surface area contributed by atoms with Gasteiger partial charge in [-0.2, -0.15) is 0 Å². The Balaban J connectivity index is 1.69. The average molecular weight is 382 g/mol. The van der Waals surface area contributed by atoms with Gasteiger partial charge in [-0.05, 0) is 25.1 Å². The van der Waals surface area contributed by atoms with Gasteiger partial charge in [-0.1, -0.05) is 0 Å². The summed E-state index contributed by atoms with van der Waals surface area (Å²) >= 11 is 1.49. The number of hydrogen-bond donors (Lipinski definition) is 1. The average Bonchev–Trinajstić information content (AvgIpc) is 3.31. The molecule has 0 fully saturated rings. The number of nitrogens with one attached hydrogen (secondary N) is 1. The van der Waals surface area contributed by atoms with Crippen LogP contribution in [0.1, 0.15) is 6.92 Å². The van der Waals surface area contributed by atoms with Crippen LogP contribution < -0.4 is 10.1 Å². The van der Waals surface area contributed by atoms with Gasteiger partial charge in [0.15, 0.2) is 11.6 Å². The maximum atomic E-state index is 14.3. The van der Waals surface area contributed by atoms with Gasteiger partial charge in [0.05, 0.1) is 27.1 Å². The van der Waals surface area contributed by atoms with Gasteiger partial charge < -0.3 is 14.6 Å². The van der Waals surface area contributed by atoms with Crippen LogP contribution in [0.5, 0.6) is 11.5 Å². The van der Waals surface area contributed by atoms with Gasteiger partial charge in [-0.3, -0.25) is 9.78 Å². The van der Waals surface area contributed by atoms with E-state index >= 15 is 0 Å². The molecule has 1 N–H and O–H groups in total. The monoisotopic (exact) mass is 382 g/mol. The summed E-state index contributed by atoms with van der Waals surface area (Å²) < 4.78 is 22.9. The molecule has 3 heterocycles. The normalized spacial score (nSPS) is 10.9. The Morgan fingerprint density at radius 3 is 2.89 bits per heavy atom. The quantitative estimate of drug-likeness (QED) is 0.492. The van der Waals surface area contributed by atoms with Crippen LogP contribution in [0.2, 0.25) is 0 Å². The predicted molar refractivity (Wildman–Crippen MR) is 103 cm³/mol. The predicted octanol–water partition coefficient (Wildman–Crippen LogP) is 4.68. The zero-order valence-electron chi connectivity index (χ0n) is 14.3. The number of aromatic nitrogens is 3. The number of thiophene rings is 1. The molecular formula is C19H15FN4O2S. The second-order valence-corrected chi connectivity index (χ2v) is 6.79. The molecule has 0 spiro atoms. The van der Waals surface area contributed by atoms with Crippen LogP contribution in [0.4, 0.5) is 10.1 Å². The molecule has 0 radical (unpaired) electrons. The number of rotatable bonds is 6. The third-order valence-electron chi connectivity index (χ3n) is 4.00. The lowest BCUT2D eigenvalue weighted by Gasteiger charge is -2.08. The van der Waals surface area contributed by atoms with E-state index in [9.17, 15) is 9.18 Å². The van der Waals surface area contributed by atoms with E-state index in [2.05, 4.69) is 15.3 Å². The fourth-order valence-electron chi connectivity index (χ4n) is 2.64. The van der Waals surface area contributed by atoms with Crippen molar-refractivity contribution < 1.29 is 13.9 Å². The first kappa shape index (κ1) is 17.2. The first-order chi connectivity index (χ1) is 13.2. The van der Waals surface area contributed by atoms with Crippen LogP contribution in [0, 0.1) is 5.82 Å². The maximum Gasteiger partial charge on any atom is 0.211 e. The summed E-state index contributed by atoms with van der Waals surface area (Å²) in [5.41, 5.74) is 1.99. The lowest BCUT2D eigenvalue weighted by Crippen LogP contribution is -1.95. The minimum Gasteiger partial charge on any atom is -0.453 e. The zero-order chi connectivity index (χ0) is 18.8. The van der Waals surface area contributed by atoms with Crippen molar-refractivity contribution in [3.8, 4) is 22.1 Å². The molecule has 0 aliphatic heterocycles. The van der Waals surface area contributed by atoms with Crippen molar-refractivity contribution in [2.75, 3.05) is 5.32 Å². The Bertz CT molecular complexity index is 1120. The lowest BCUT2D eigenvalue weighted by molar-refractivity contribution is -0.105. The van der Waals surface area contributed by atoms with Crippen molar-refractivity contribution in [2.24, 2.45) is 0 Å². The number of aryl methyl sites for hydroxylation is 1. The fraction of sp³-hybridized carbons (Fsp3) is 0.105. The van der Waals surface area contributed by atoms with Crippen LogP contribution >= 0.6 is 11.3 Å². The standard InChI is InChI=1S/C19H15FN4O2S/c1-2-24-9-15(22-10-24)18-8-14-19(27-18)17(5-6-21-14)26-16-4-3-12(23-11-25)7-13(16)20/h3-11H,2H2,1H3,(H,23,25). The highest BCUT2D eigenvalue weighted by Gasteiger charge is 2.14. The highest BCUT2D eigenvalue weighted by Crippen LogP contribution is 2.39. The number of pyridine rings is 1. The number of nitrogens with zero attached hydrogens (tertiary/aromatic N) is 3. The number of halogens is 1. The Labute approximate surface area is 158 Å². The molecule has 0 bridgehead atoms. The fourth-order valence-corrected chi connectivity index (χ4v) is 3.67. The molecule has 8 heteroatoms. The van der Waals surface area contributed by atoms with Crippen molar-refractivity contribution in [3.05, 3.63) is 54.9 Å². The molecule has 0 aliphatic rings. The third kappa shape index (κ3) is 3.39. The number of anilines is 1. The number of carbonyl (C=O) groups excluding carboxylic acids is 1. The molecule has 0 saturated heterocycles. The van der Waals surface area contributed by atoms with E-state index in [0.717, 1.165) is 27.3 Å². The second kappa shape index (κ2) is 7.16. The smallest absolute Gasteiger partial charge is 0.211 e. The Hall–Kier alpha value is -3.26. The molecular weight excluding hydrogens is 367 g/mol. The number of carbonyl (C=O) groups is 1. The molecule has 0 unspecified atom stereocenters. The van der Waals surface area contributed by atoms with Crippen molar-refractivity contribution in [3.63, 3.8) is 0 Å². The van der Waals surface area contributed by atoms with Crippen molar-refractivity contribution in [1.82, 2.24) is 14.5 Å². The number of hydrogen-bond acceptors (Lipinski definition) is 5. The molecule has 27 heavy (non-hydrogen) atoms. The summed E-state index contributed by atoms with van der Waals surface area (Å²) in [7, 11) is 0. The Morgan fingerprint density at radius 1 is 1.26 bits per heavy atom. The summed E-state index contributed by atoms with van der Waals surface area (Å²) in [5.74, 6) is 0.0237.